The van der Waals surface area contributed by atoms with Gasteiger partial charge in [0.15, 0.2) is 0 Å². The van der Waals surface area contributed by atoms with Gasteiger partial charge in [-0.05, 0) is 79.3 Å². The van der Waals surface area contributed by atoms with Crippen LogP contribution in [0.2, 0.25) is 0 Å². The first-order valence-electron chi connectivity index (χ1n) is 15.8. The van der Waals surface area contributed by atoms with Gasteiger partial charge in [-0.1, -0.05) is 50.1 Å². The van der Waals surface area contributed by atoms with Crippen molar-refractivity contribution in [2.45, 2.75) is 62.0 Å². The van der Waals surface area contributed by atoms with Crippen LogP contribution in [0.1, 0.15) is 46.0 Å². The van der Waals surface area contributed by atoms with E-state index in [1.54, 1.807) is 16.7 Å². The van der Waals surface area contributed by atoms with Gasteiger partial charge in [-0.25, -0.2) is 0 Å². The average Bonchev–Trinajstić information content (AvgIpc) is 3.61. The lowest BCUT2D eigenvalue weighted by atomic mass is 9.66. The Morgan fingerprint density at radius 1 is 0.955 bits per heavy atom. The first kappa shape index (κ1) is 30.5. The van der Waals surface area contributed by atoms with Crippen LogP contribution in [0.3, 0.4) is 0 Å². The van der Waals surface area contributed by atoms with E-state index in [1.165, 1.54) is 0 Å². The molecule has 0 aliphatic carbocycles. The van der Waals surface area contributed by atoms with E-state index < -0.39 is 22.6 Å². The van der Waals surface area contributed by atoms with Crippen LogP contribution in [0.25, 0.3) is 10.8 Å². The number of amides is 3. The van der Waals surface area contributed by atoms with Crippen molar-refractivity contribution in [1.82, 2.24) is 4.90 Å². The van der Waals surface area contributed by atoms with Crippen LogP contribution in [-0.2, 0) is 14.4 Å². The number of hydrogen-bond acceptors (Lipinski definition) is 6. The van der Waals surface area contributed by atoms with E-state index in [2.05, 4.69) is 17.6 Å². The summed E-state index contributed by atoms with van der Waals surface area (Å²) in [6, 6.07) is 20.5. The van der Waals surface area contributed by atoms with Crippen LogP contribution in [0.15, 0.2) is 66.7 Å². The van der Waals surface area contributed by atoms with E-state index in [0.717, 1.165) is 48.6 Å². The number of carbonyl (C=O) groups excluding carboxylic acids is 3. The summed E-state index contributed by atoms with van der Waals surface area (Å²) >= 11 is 1.68. The molecule has 3 aromatic carbocycles. The predicted molar refractivity (Wildman–Crippen MR) is 175 cm³/mol. The molecular formula is C35H41N3O5S. The van der Waals surface area contributed by atoms with Crippen molar-refractivity contribution >= 4 is 51.6 Å². The molecule has 0 aromatic heterocycles. The number of hydrogen-bond donors (Lipinski definition) is 3. The number of nitrogens with one attached hydrogen (secondary N) is 2. The first-order chi connectivity index (χ1) is 21.4. The molecule has 3 N–H and O–H groups in total. The lowest BCUT2D eigenvalue weighted by molar-refractivity contribution is -0.138. The van der Waals surface area contributed by atoms with Gasteiger partial charge in [-0.3, -0.25) is 14.4 Å². The standard InChI is InChI=1S/C35H41N3O5S/c1-3-43-27-16-14-25(15-17-27)36-32(40)29-28-20-22(2)35(44-28)30(29)34(42)38(18-8-4-5-9-19-39)31(35)33(41)37-26-13-12-23-10-6-7-11-24(23)21-26/h6-7,10-17,21-22,28-31,39H,3-5,8-9,18-20H2,1-2H3,(H,36,40)(H,37,41)/t22?,28-,29+,30-,31?,35?/m0/s1. The zero-order chi connectivity index (χ0) is 30.8. The van der Waals surface area contributed by atoms with Crippen LogP contribution < -0.4 is 15.4 Å². The van der Waals surface area contributed by atoms with Crippen LogP contribution >= 0.6 is 11.8 Å². The molecule has 3 fully saturated rings. The molecule has 3 aliphatic heterocycles. The van der Waals surface area contributed by atoms with Gasteiger partial charge in [-0.15, -0.1) is 11.8 Å². The quantitative estimate of drug-likeness (QED) is 0.226. The zero-order valence-electron chi connectivity index (χ0n) is 25.3. The Kier molecular flexibility index (Phi) is 8.87. The molecule has 3 amide bonds. The van der Waals surface area contributed by atoms with Gasteiger partial charge >= 0.3 is 0 Å². The highest BCUT2D eigenvalue weighted by molar-refractivity contribution is 8.02. The number of unbranched alkanes of at least 4 members (excludes halogenated alkanes) is 3. The number of thioether (sulfide) groups is 1. The monoisotopic (exact) mass is 615 g/mol. The van der Waals surface area contributed by atoms with E-state index in [1.807, 2.05) is 73.7 Å². The Morgan fingerprint density at radius 3 is 2.41 bits per heavy atom. The SMILES string of the molecule is CCOc1ccc(NC(=O)[C@@H]2[C@@H]3CC(C)C4(S3)C(C(=O)Nc3ccc5ccccc5c3)N(CCCCCCO)C(=O)[C@H]24)cc1. The molecule has 9 heteroatoms. The molecule has 2 bridgehead atoms. The molecule has 3 heterocycles. The average molecular weight is 616 g/mol. The van der Waals surface area contributed by atoms with Crippen LogP contribution in [-0.4, -0.2) is 63.5 Å². The van der Waals surface area contributed by atoms with Crippen molar-refractivity contribution < 1.29 is 24.2 Å². The fourth-order valence-electron chi connectivity index (χ4n) is 7.61. The molecule has 44 heavy (non-hydrogen) atoms. The summed E-state index contributed by atoms with van der Waals surface area (Å²) in [6.07, 6.45) is 3.95. The van der Waals surface area contributed by atoms with E-state index in [4.69, 9.17) is 4.74 Å². The number of ether oxygens (including phenoxy) is 1. The number of likely N-dealkylation sites (tertiary alicyclic amines) is 1. The second kappa shape index (κ2) is 12.8. The highest BCUT2D eigenvalue weighted by Gasteiger charge is 2.75. The van der Waals surface area contributed by atoms with Crippen molar-refractivity contribution in [3.8, 4) is 5.75 Å². The van der Waals surface area contributed by atoms with Crippen LogP contribution in [0.4, 0.5) is 11.4 Å². The minimum absolute atomic E-state index is 0.0377. The van der Waals surface area contributed by atoms with Gasteiger partial charge in [0.1, 0.15) is 11.8 Å². The number of anilines is 2. The molecule has 232 valence electrons. The van der Waals surface area contributed by atoms with Gasteiger partial charge in [0.05, 0.1) is 23.2 Å². The first-order valence-corrected chi connectivity index (χ1v) is 16.7. The number of benzene rings is 3. The number of fused-ring (bicyclic) bond motifs is 2. The summed E-state index contributed by atoms with van der Waals surface area (Å²) in [5.74, 6) is -0.739. The molecule has 6 atom stereocenters. The smallest absolute Gasteiger partial charge is 0.248 e. The Hall–Kier alpha value is -3.56. The van der Waals surface area contributed by atoms with Crippen LogP contribution in [0, 0.1) is 17.8 Å². The molecule has 0 saturated carbocycles. The topological polar surface area (TPSA) is 108 Å². The number of aliphatic hydroxyl groups is 1. The third-order valence-electron chi connectivity index (χ3n) is 9.55. The van der Waals surface area contributed by atoms with Crippen molar-refractivity contribution in [2.24, 2.45) is 17.8 Å². The van der Waals surface area contributed by atoms with Crippen LogP contribution in [0.5, 0.6) is 5.75 Å². The third kappa shape index (κ3) is 5.45. The molecule has 3 unspecified atom stereocenters. The lowest BCUT2D eigenvalue weighted by Crippen LogP contribution is -2.54. The maximum atomic E-state index is 14.4. The van der Waals surface area contributed by atoms with E-state index >= 15 is 0 Å². The number of carbonyl (C=O) groups is 3. The predicted octanol–water partition coefficient (Wildman–Crippen LogP) is 5.71. The van der Waals surface area contributed by atoms with Gasteiger partial charge in [0.2, 0.25) is 17.7 Å². The fraction of sp³-hybridized carbons (Fsp3) is 0.457. The van der Waals surface area contributed by atoms with E-state index in [-0.39, 0.29) is 35.5 Å². The van der Waals surface area contributed by atoms with Gasteiger partial charge < -0.3 is 25.4 Å². The highest BCUT2D eigenvalue weighted by atomic mass is 32.2. The second-order valence-electron chi connectivity index (χ2n) is 12.2. The summed E-state index contributed by atoms with van der Waals surface area (Å²) in [6.45, 7) is 5.21. The summed E-state index contributed by atoms with van der Waals surface area (Å²) in [5, 5.41) is 17.5. The normalized spacial score (nSPS) is 27.0. The third-order valence-corrected chi connectivity index (χ3v) is 11.6. The molecule has 6 rings (SSSR count). The Labute approximate surface area is 262 Å². The van der Waals surface area contributed by atoms with E-state index in [9.17, 15) is 19.5 Å². The zero-order valence-corrected chi connectivity index (χ0v) is 26.1. The van der Waals surface area contributed by atoms with Gasteiger partial charge in [0.25, 0.3) is 0 Å². The maximum absolute atomic E-state index is 14.4. The van der Waals surface area contributed by atoms with Gasteiger partial charge in [0, 0.05) is 29.8 Å². The van der Waals surface area contributed by atoms with E-state index in [0.29, 0.717) is 24.5 Å². The molecule has 0 radical (unpaired) electrons. The number of aliphatic hydroxyl groups excluding tert-OH is 1. The molecule has 3 saturated heterocycles. The molecule has 8 nitrogen and oxygen atoms in total. The summed E-state index contributed by atoms with van der Waals surface area (Å²) in [7, 11) is 0. The summed E-state index contributed by atoms with van der Waals surface area (Å²) < 4.78 is 4.85. The minimum atomic E-state index is -0.686. The fourth-order valence-corrected chi connectivity index (χ4v) is 10.0. The maximum Gasteiger partial charge on any atom is 0.248 e. The molecule has 1 spiro atoms. The lowest BCUT2D eigenvalue weighted by Gasteiger charge is -2.38. The van der Waals surface area contributed by atoms with Crippen molar-refractivity contribution in [1.29, 1.82) is 0 Å². The molecular weight excluding hydrogens is 574 g/mol. The summed E-state index contributed by atoms with van der Waals surface area (Å²) in [5.41, 5.74) is 1.35. The Bertz CT molecular complexity index is 1530. The highest BCUT2D eigenvalue weighted by Crippen LogP contribution is 2.68. The van der Waals surface area contributed by atoms with Crippen molar-refractivity contribution in [3.63, 3.8) is 0 Å². The van der Waals surface area contributed by atoms with Crippen molar-refractivity contribution in [2.75, 3.05) is 30.4 Å². The van der Waals surface area contributed by atoms with Gasteiger partial charge in [-0.2, -0.15) is 0 Å². The Balaban J connectivity index is 1.28. The number of nitrogens with zero attached hydrogens (tertiary/aromatic N) is 1. The van der Waals surface area contributed by atoms with Crippen molar-refractivity contribution in [3.05, 3.63) is 66.7 Å². The summed E-state index contributed by atoms with van der Waals surface area (Å²) in [4.78, 5) is 44.3. The Morgan fingerprint density at radius 2 is 1.66 bits per heavy atom. The minimum Gasteiger partial charge on any atom is -0.494 e. The largest absolute Gasteiger partial charge is 0.494 e. The second-order valence-corrected chi connectivity index (χ2v) is 13.8. The molecule has 3 aliphatic rings. The number of rotatable bonds is 12. The molecule has 3 aromatic rings.